The van der Waals surface area contributed by atoms with Gasteiger partial charge in [0.15, 0.2) is 0 Å². The van der Waals surface area contributed by atoms with Crippen molar-refractivity contribution in [1.82, 2.24) is 9.88 Å². The number of aromatic nitrogens is 1. The van der Waals surface area contributed by atoms with Crippen molar-refractivity contribution in [2.24, 2.45) is 0 Å². The average molecular weight is 570 g/mol. The Morgan fingerprint density at radius 2 is 1.90 bits per heavy atom. The molecule has 0 bridgehead atoms. The number of benzene rings is 3. The summed E-state index contributed by atoms with van der Waals surface area (Å²) in [5.74, 6) is 0.229. The Bertz CT molecular complexity index is 1620. The largest absolute Gasteiger partial charge is 0.399 e. The minimum atomic E-state index is -0.171. The van der Waals surface area contributed by atoms with E-state index in [4.69, 9.17) is 10.8 Å². The van der Waals surface area contributed by atoms with Crippen molar-refractivity contribution < 1.29 is 14.7 Å². The molecule has 42 heavy (non-hydrogen) atoms. The summed E-state index contributed by atoms with van der Waals surface area (Å²) in [4.78, 5) is 42.9. The van der Waals surface area contributed by atoms with E-state index in [1.54, 1.807) is 35.2 Å². The van der Waals surface area contributed by atoms with Gasteiger partial charge in [-0.25, -0.2) is 0 Å². The molecule has 2 amide bonds. The van der Waals surface area contributed by atoms with Crippen LogP contribution in [0.5, 0.6) is 0 Å². The normalized spacial score (nSPS) is 13.4. The van der Waals surface area contributed by atoms with E-state index in [1.165, 1.54) is 11.1 Å². The highest BCUT2D eigenvalue weighted by atomic mass is 16.3. The topological polar surface area (TPSA) is 132 Å². The molecule has 0 radical (unpaired) electrons. The number of carbonyl (C=O) groups is 2. The minimum Gasteiger partial charge on any atom is -0.399 e. The summed E-state index contributed by atoms with van der Waals surface area (Å²) in [6, 6.07) is 20.8. The minimum absolute atomic E-state index is 0.0764. The van der Waals surface area contributed by atoms with Crippen LogP contribution in [0.15, 0.2) is 77.7 Å². The van der Waals surface area contributed by atoms with Crippen LogP contribution in [-0.2, 0) is 16.1 Å². The van der Waals surface area contributed by atoms with E-state index in [0.717, 1.165) is 23.1 Å². The molecule has 3 aromatic carbocycles. The van der Waals surface area contributed by atoms with Gasteiger partial charge in [-0.3, -0.25) is 14.4 Å². The number of amides is 2. The van der Waals surface area contributed by atoms with Crippen LogP contribution in [-0.4, -0.2) is 53.5 Å². The van der Waals surface area contributed by atoms with Crippen molar-refractivity contribution >= 4 is 39.6 Å². The number of fused-ring (bicyclic) bond motifs is 1. The number of carbonyl (C=O) groups excluding carboxylic acids is 2. The van der Waals surface area contributed by atoms with Crippen LogP contribution in [0.1, 0.15) is 42.4 Å². The molecule has 9 nitrogen and oxygen atoms in total. The molecule has 1 atom stereocenters. The fourth-order valence-corrected chi connectivity index (χ4v) is 5.09. The molecule has 0 saturated carbocycles. The number of nitrogens with two attached hydrogens (primary N) is 1. The van der Waals surface area contributed by atoms with Crippen molar-refractivity contribution in [3.8, 4) is 0 Å². The highest BCUT2D eigenvalue weighted by Gasteiger charge is 2.24. The average Bonchev–Trinajstić information content (AvgIpc) is 3.41. The number of pyridine rings is 1. The molecule has 1 unspecified atom stereocenters. The first kappa shape index (κ1) is 30.3. The van der Waals surface area contributed by atoms with Gasteiger partial charge in [-0.15, -0.1) is 0 Å². The van der Waals surface area contributed by atoms with E-state index < -0.39 is 0 Å². The van der Waals surface area contributed by atoms with Crippen LogP contribution in [0.3, 0.4) is 0 Å². The molecule has 1 fully saturated rings. The van der Waals surface area contributed by atoms with Gasteiger partial charge in [0.1, 0.15) is 0 Å². The van der Waals surface area contributed by atoms with E-state index in [0.29, 0.717) is 36.3 Å². The van der Waals surface area contributed by atoms with Gasteiger partial charge in [-0.05, 0) is 71.8 Å². The summed E-state index contributed by atoms with van der Waals surface area (Å²) in [6.07, 6.45) is 2.98. The SMILES string of the molecule is CN(Cc1cc(N)ccc1N1CCCC1=O)C(=O)CNc1ccc2cc[nH]c(=O)c2c1.Cc1ccccc1C(C)CO. The Morgan fingerprint density at radius 3 is 2.62 bits per heavy atom. The smallest absolute Gasteiger partial charge is 0.255 e. The van der Waals surface area contributed by atoms with Gasteiger partial charge in [0.05, 0.1) is 6.54 Å². The number of hydrogen-bond donors (Lipinski definition) is 4. The van der Waals surface area contributed by atoms with Gasteiger partial charge >= 0.3 is 0 Å². The number of H-pyrrole nitrogens is 1. The first-order valence-electron chi connectivity index (χ1n) is 14.1. The first-order valence-corrected chi connectivity index (χ1v) is 14.1. The number of aryl methyl sites for hydroxylation is 1. The quantitative estimate of drug-likeness (QED) is 0.233. The van der Waals surface area contributed by atoms with Crippen LogP contribution in [0.25, 0.3) is 10.8 Å². The number of aliphatic hydroxyl groups is 1. The molecule has 5 rings (SSSR count). The van der Waals surface area contributed by atoms with Crippen LogP contribution in [0.4, 0.5) is 17.1 Å². The summed E-state index contributed by atoms with van der Waals surface area (Å²) >= 11 is 0. The number of anilines is 3. The van der Waals surface area contributed by atoms with Crippen molar-refractivity contribution in [1.29, 1.82) is 0 Å². The molecule has 2 heterocycles. The van der Waals surface area contributed by atoms with Gasteiger partial charge in [0.25, 0.3) is 5.56 Å². The lowest BCUT2D eigenvalue weighted by atomic mass is 9.97. The highest BCUT2D eigenvalue weighted by Crippen LogP contribution is 2.28. The van der Waals surface area contributed by atoms with Crippen molar-refractivity contribution in [3.05, 3.63) is 100.0 Å². The molecular formula is C33H39N5O4. The van der Waals surface area contributed by atoms with Gasteiger partial charge in [-0.1, -0.05) is 37.3 Å². The van der Waals surface area contributed by atoms with Crippen LogP contribution < -0.4 is 21.5 Å². The number of hydrogen-bond acceptors (Lipinski definition) is 6. The Balaban J connectivity index is 0.000000310. The Kier molecular flexibility index (Phi) is 9.98. The monoisotopic (exact) mass is 569 g/mol. The molecule has 1 saturated heterocycles. The summed E-state index contributed by atoms with van der Waals surface area (Å²) in [5, 5.41) is 13.4. The molecular weight excluding hydrogens is 530 g/mol. The number of rotatable bonds is 8. The summed E-state index contributed by atoms with van der Waals surface area (Å²) < 4.78 is 0. The fraction of sp³-hybridized carbons (Fsp3) is 0.303. The number of nitrogen functional groups attached to an aromatic ring is 1. The van der Waals surface area contributed by atoms with Gasteiger partial charge in [-0.2, -0.15) is 0 Å². The Labute approximate surface area is 246 Å². The molecule has 0 aliphatic carbocycles. The first-order chi connectivity index (χ1) is 20.2. The Morgan fingerprint density at radius 1 is 1.12 bits per heavy atom. The summed E-state index contributed by atoms with van der Waals surface area (Å²) in [5.41, 5.74) is 11.2. The third-order valence-electron chi connectivity index (χ3n) is 7.51. The molecule has 9 heteroatoms. The molecule has 1 aliphatic rings. The molecule has 5 N–H and O–H groups in total. The number of likely N-dealkylation sites (N-methyl/N-ethyl adjacent to an activating group) is 1. The Hall–Kier alpha value is -4.63. The van der Waals surface area contributed by atoms with Crippen molar-refractivity contribution in [2.45, 2.75) is 39.2 Å². The highest BCUT2D eigenvalue weighted by molar-refractivity contribution is 5.96. The molecule has 220 valence electrons. The van der Waals surface area contributed by atoms with Crippen LogP contribution >= 0.6 is 0 Å². The van der Waals surface area contributed by atoms with E-state index in [-0.39, 0.29) is 36.4 Å². The fourth-order valence-electron chi connectivity index (χ4n) is 5.09. The van der Waals surface area contributed by atoms with Gasteiger partial charge < -0.3 is 30.9 Å². The zero-order valence-electron chi connectivity index (χ0n) is 24.4. The second-order valence-electron chi connectivity index (χ2n) is 10.7. The molecule has 1 aromatic heterocycles. The third-order valence-corrected chi connectivity index (χ3v) is 7.51. The molecule has 0 spiro atoms. The lowest BCUT2D eigenvalue weighted by molar-refractivity contribution is -0.128. The maximum Gasteiger partial charge on any atom is 0.255 e. The number of nitrogens with zero attached hydrogens (tertiary/aromatic N) is 2. The number of aromatic amines is 1. The summed E-state index contributed by atoms with van der Waals surface area (Å²) in [6.45, 7) is 5.42. The van der Waals surface area contributed by atoms with Gasteiger partial charge in [0, 0.05) is 67.7 Å². The van der Waals surface area contributed by atoms with Gasteiger partial charge in [0.2, 0.25) is 11.8 Å². The maximum absolute atomic E-state index is 12.7. The lowest BCUT2D eigenvalue weighted by Gasteiger charge is -2.24. The predicted molar refractivity (Wildman–Crippen MR) is 169 cm³/mol. The third kappa shape index (κ3) is 7.36. The van der Waals surface area contributed by atoms with E-state index in [1.807, 2.05) is 49.4 Å². The van der Waals surface area contributed by atoms with E-state index in [2.05, 4.69) is 29.4 Å². The predicted octanol–water partition coefficient (Wildman–Crippen LogP) is 4.40. The zero-order valence-corrected chi connectivity index (χ0v) is 24.4. The van der Waals surface area contributed by atoms with Crippen LogP contribution in [0, 0.1) is 6.92 Å². The van der Waals surface area contributed by atoms with E-state index >= 15 is 0 Å². The summed E-state index contributed by atoms with van der Waals surface area (Å²) in [7, 11) is 1.72. The number of aliphatic hydroxyl groups excluding tert-OH is 1. The second-order valence-corrected chi connectivity index (χ2v) is 10.7. The van der Waals surface area contributed by atoms with Crippen LogP contribution in [0.2, 0.25) is 0 Å². The van der Waals surface area contributed by atoms with Crippen molar-refractivity contribution in [2.75, 3.05) is 42.7 Å². The lowest BCUT2D eigenvalue weighted by Crippen LogP contribution is -2.33. The maximum atomic E-state index is 12.7. The zero-order chi connectivity index (χ0) is 30.2. The second kappa shape index (κ2) is 13.8. The molecule has 4 aromatic rings. The van der Waals surface area contributed by atoms with Crippen molar-refractivity contribution in [3.63, 3.8) is 0 Å². The number of nitrogens with one attached hydrogen (secondary N) is 2. The standard InChI is InChI=1S/C23H25N5O3.C10H14O/c1-27(14-16-11-17(24)5-7-20(16)28-10-2-3-21(28)29)22(30)13-26-18-6-4-15-8-9-25-23(31)19(15)12-18;1-8-5-3-4-6-10(8)9(2)7-11/h4-9,11-12,26H,2-3,10,13-14,24H2,1H3,(H,25,31);3-6,9,11H,7H2,1-2H3. The molecule has 1 aliphatic heterocycles. The van der Waals surface area contributed by atoms with E-state index in [9.17, 15) is 14.4 Å².